The molecule has 2 saturated carbocycles. The third-order valence-corrected chi connectivity index (χ3v) is 8.05. The summed E-state index contributed by atoms with van der Waals surface area (Å²) in [5.74, 6) is 1.73. The fraction of sp³-hybridized carbons (Fsp3) is 0.619. The van der Waals surface area contributed by atoms with E-state index in [0.29, 0.717) is 18.3 Å². The molecule has 5 atom stereocenters. The van der Waals surface area contributed by atoms with E-state index in [0.717, 1.165) is 31.4 Å². The van der Waals surface area contributed by atoms with E-state index in [1.54, 1.807) is 11.8 Å². The Labute approximate surface area is 181 Å². The molecule has 9 heteroatoms. The number of ketones is 1. The third kappa shape index (κ3) is 3.80. The van der Waals surface area contributed by atoms with Crippen LogP contribution >= 0.6 is 10.7 Å². The molecular weight excluding hydrogens is 430 g/mol. The standard InChI is InChI=1S/C21H26ClNO6S/c1-21-8-7-16-15-6-4-14(28-2)9-12(15)3-5-17(16)19(21)13(10-18(21)24)11-29-20(25)23-30(22,26)27/h4,6,9,13,16-17,19H,3,5,7-8,10-11H2,1-2H3,(H,23,25)/t13-,16+,17+,19-,21+/m0/s1. The van der Waals surface area contributed by atoms with E-state index in [9.17, 15) is 18.0 Å². The van der Waals surface area contributed by atoms with E-state index in [-0.39, 0.29) is 24.2 Å². The minimum atomic E-state index is -4.20. The van der Waals surface area contributed by atoms with Crippen molar-refractivity contribution in [3.05, 3.63) is 29.3 Å². The number of aryl methyl sites for hydroxylation is 1. The number of halogens is 1. The maximum atomic E-state index is 12.9. The van der Waals surface area contributed by atoms with Crippen molar-refractivity contribution in [3.63, 3.8) is 0 Å². The monoisotopic (exact) mass is 455 g/mol. The molecule has 3 aliphatic carbocycles. The molecule has 4 rings (SSSR count). The zero-order valence-corrected chi connectivity index (χ0v) is 18.6. The minimum absolute atomic E-state index is 0.00291. The average molecular weight is 456 g/mol. The molecular formula is C21H26ClNO6S. The lowest BCUT2D eigenvalue weighted by Crippen LogP contribution is -2.45. The first kappa shape index (κ1) is 21.4. The lowest BCUT2D eigenvalue weighted by atomic mass is 9.54. The molecule has 0 bridgehead atoms. The van der Waals surface area contributed by atoms with Gasteiger partial charge in [-0.3, -0.25) is 4.79 Å². The summed E-state index contributed by atoms with van der Waals surface area (Å²) in [6.07, 6.45) is 2.90. The molecule has 1 amide bonds. The molecule has 0 unspecified atom stereocenters. The van der Waals surface area contributed by atoms with Crippen LogP contribution in [-0.4, -0.2) is 34.0 Å². The van der Waals surface area contributed by atoms with Crippen LogP contribution in [-0.2, 0) is 25.2 Å². The highest BCUT2D eigenvalue weighted by Crippen LogP contribution is 2.61. The second-order valence-electron chi connectivity index (χ2n) is 8.88. The van der Waals surface area contributed by atoms with Crippen LogP contribution < -0.4 is 9.46 Å². The van der Waals surface area contributed by atoms with Gasteiger partial charge < -0.3 is 9.47 Å². The number of hydrogen-bond donors (Lipinski definition) is 1. The maximum absolute atomic E-state index is 12.9. The Balaban J connectivity index is 1.56. The normalized spacial score (nSPS) is 32.6. The number of Topliss-reactive ketones (excluding diaryl/α,β-unsaturated/α-hetero) is 1. The SMILES string of the molecule is COc1ccc2c(c1)CC[C@H]1[C@@H]3[C@H](COC(=O)NS(=O)(=O)Cl)CC(=O)[C@@]3(C)CC[C@H]21. The fourth-order valence-electron chi connectivity index (χ4n) is 6.20. The van der Waals surface area contributed by atoms with Crippen molar-refractivity contribution in [2.24, 2.45) is 23.2 Å². The Morgan fingerprint density at radius 3 is 2.80 bits per heavy atom. The van der Waals surface area contributed by atoms with Crippen molar-refractivity contribution >= 4 is 31.8 Å². The predicted molar refractivity (Wildman–Crippen MR) is 111 cm³/mol. The van der Waals surface area contributed by atoms with Gasteiger partial charge in [0.2, 0.25) is 0 Å². The molecule has 7 nitrogen and oxygen atoms in total. The fourth-order valence-corrected chi connectivity index (χ4v) is 6.65. The van der Waals surface area contributed by atoms with Crippen LogP contribution in [0.25, 0.3) is 0 Å². The van der Waals surface area contributed by atoms with Gasteiger partial charge in [-0.15, -0.1) is 0 Å². The Bertz CT molecular complexity index is 980. The predicted octanol–water partition coefficient (Wildman–Crippen LogP) is 3.56. The Kier molecular flexibility index (Phi) is 5.51. The lowest BCUT2D eigenvalue weighted by molar-refractivity contribution is -0.129. The summed E-state index contributed by atoms with van der Waals surface area (Å²) in [7, 11) is 2.50. The summed E-state index contributed by atoms with van der Waals surface area (Å²) in [6, 6.07) is 6.25. The number of fused-ring (bicyclic) bond motifs is 5. The summed E-state index contributed by atoms with van der Waals surface area (Å²) >= 11 is 0. The highest BCUT2D eigenvalue weighted by atomic mass is 35.7. The van der Waals surface area contributed by atoms with Gasteiger partial charge in [0.25, 0.3) is 0 Å². The van der Waals surface area contributed by atoms with Gasteiger partial charge in [-0.05, 0) is 66.7 Å². The smallest absolute Gasteiger partial charge is 0.421 e. The molecule has 1 N–H and O–H groups in total. The second kappa shape index (κ2) is 7.71. The third-order valence-electron chi connectivity index (χ3n) is 7.41. The van der Waals surface area contributed by atoms with E-state index >= 15 is 0 Å². The van der Waals surface area contributed by atoms with Gasteiger partial charge in [-0.25, -0.2) is 9.52 Å². The van der Waals surface area contributed by atoms with Crippen LogP contribution in [0.3, 0.4) is 0 Å². The van der Waals surface area contributed by atoms with Crippen LogP contribution in [0.4, 0.5) is 4.79 Å². The topological polar surface area (TPSA) is 98.8 Å². The van der Waals surface area contributed by atoms with Crippen LogP contribution in [0.2, 0.25) is 0 Å². The molecule has 0 radical (unpaired) electrons. The first-order valence-corrected chi connectivity index (χ1v) is 12.5. The van der Waals surface area contributed by atoms with Crippen molar-refractivity contribution < 1.29 is 27.5 Å². The number of carbonyl (C=O) groups is 2. The molecule has 0 spiro atoms. The Morgan fingerprint density at radius 2 is 2.10 bits per heavy atom. The number of carbonyl (C=O) groups excluding carboxylic acids is 2. The zero-order valence-electron chi connectivity index (χ0n) is 17.0. The van der Waals surface area contributed by atoms with Gasteiger partial charge in [0.15, 0.2) is 0 Å². The molecule has 3 aliphatic rings. The van der Waals surface area contributed by atoms with Gasteiger partial charge in [-0.2, -0.15) is 8.42 Å². The molecule has 30 heavy (non-hydrogen) atoms. The van der Waals surface area contributed by atoms with Gasteiger partial charge in [0, 0.05) is 28.4 Å². The van der Waals surface area contributed by atoms with Crippen LogP contribution in [0, 0.1) is 23.2 Å². The Morgan fingerprint density at radius 1 is 1.33 bits per heavy atom. The summed E-state index contributed by atoms with van der Waals surface area (Å²) in [6.45, 7) is 2.05. The van der Waals surface area contributed by atoms with Crippen molar-refractivity contribution in [1.82, 2.24) is 4.72 Å². The summed E-state index contributed by atoms with van der Waals surface area (Å²) in [4.78, 5) is 24.7. The van der Waals surface area contributed by atoms with E-state index in [1.807, 2.05) is 13.0 Å². The van der Waals surface area contributed by atoms with E-state index < -0.39 is 20.7 Å². The number of rotatable bonds is 4. The maximum Gasteiger partial charge on any atom is 0.421 e. The minimum Gasteiger partial charge on any atom is -0.497 e. The van der Waals surface area contributed by atoms with Crippen molar-refractivity contribution in [2.45, 2.75) is 44.9 Å². The highest BCUT2D eigenvalue weighted by molar-refractivity contribution is 8.12. The first-order chi connectivity index (χ1) is 14.1. The van der Waals surface area contributed by atoms with Gasteiger partial charge in [0.05, 0.1) is 13.7 Å². The molecule has 0 saturated heterocycles. The quantitative estimate of drug-likeness (QED) is 0.697. The number of hydrogen-bond acceptors (Lipinski definition) is 6. The number of ether oxygens (including phenoxy) is 2. The number of benzene rings is 1. The zero-order chi connectivity index (χ0) is 21.7. The summed E-state index contributed by atoms with van der Waals surface area (Å²) < 4.78 is 34.1. The van der Waals surface area contributed by atoms with Crippen LogP contribution in [0.5, 0.6) is 5.75 Å². The van der Waals surface area contributed by atoms with Gasteiger partial charge in [0.1, 0.15) is 11.5 Å². The van der Waals surface area contributed by atoms with Gasteiger partial charge >= 0.3 is 15.3 Å². The molecule has 1 aromatic rings. The largest absolute Gasteiger partial charge is 0.497 e. The molecule has 0 aromatic heterocycles. The average Bonchev–Trinajstić information content (AvgIpc) is 2.94. The van der Waals surface area contributed by atoms with Crippen molar-refractivity contribution in [2.75, 3.05) is 13.7 Å². The lowest BCUT2D eigenvalue weighted by Gasteiger charge is -2.49. The van der Waals surface area contributed by atoms with Crippen LogP contribution in [0.15, 0.2) is 18.2 Å². The first-order valence-electron chi connectivity index (χ1n) is 10.2. The molecule has 1 aromatic carbocycles. The molecule has 0 heterocycles. The summed E-state index contributed by atoms with van der Waals surface area (Å²) in [5, 5.41) is 0. The number of amides is 1. The molecule has 0 aliphatic heterocycles. The van der Waals surface area contributed by atoms with E-state index in [1.165, 1.54) is 11.1 Å². The van der Waals surface area contributed by atoms with E-state index in [2.05, 4.69) is 12.1 Å². The van der Waals surface area contributed by atoms with Crippen LogP contribution in [0.1, 0.15) is 49.7 Å². The van der Waals surface area contributed by atoms with Crippen molar-refractivity contribution in [1.29, 1.82) is 0 Å². The van der Waals surface area contributed by atoms with Gasteiger partial charge in [-0.1, -0.05) is 13.0 Å². The molecule has 164 valence electrons. The van der Waals surface area contributed by atoms with E-state index in [4.69, 9.17) is 20.2 Å². The summed E-state index contributed by atoms with van der Waals surface area (Å²) in [5.41, 5.74) is 2.22. The number of methoxy groups -OCH3 is 1. The Hall–Kier alpha value is -1.80. The molecule has 2 fully saturated rings. The van der Waals surface area contributed by atoms with Crippen molar-refractivity contribution in [3.8, 4) is 5.75 Å². The second-order valence-corrected chi connectivity index (χ2v) is 11.2. The highest BCUT2D eigenvalue weighted by Gasteiger charge is 2.58. The number of nitrogens with one attached hydrogen (secondary N) is 1.